The van der Waals surface area contributed by atoms with Gasteiger partial charge in [0.05, 0.1) is 7.11 Å². The molecule has 2 nitrogen and oxygen atoms in total. The lowest BCUT2D eigenvalue weighted by molar-refractivity contribution is 0.393. The predicted molar refractivity (Wildman–Crippen MR) is 75.0 cm³/mol. The third-order valence-electron chi connectivity index (χ3n) is 3.29. The molecule has 1 aromatic carbocycles. The zero-order valence-electron chi connectivity index (χ0n) is 10.8. The Morgan fingerprint density at radius 2 is 2.24 bits per heavy atom. The zero-order valence-corrected chi connectivity index (χ0v) is 11.6. The van der Waals surface area contributed by atoms with Gasteiger partial charge in [-0.15, -0.1) is 0 Å². The molecule has 17 heavy (non-hydrogen) atoms. The van der Waals surface area contributed by atoms with Crippen LogP contribution in [0.25, 0.3) is 0 Å². The van der Waals surface area contributed by atoms with Crippen molar-refractivity contribution in [2.75, 3.05) is 18.6 Å². The fraction of sp³-hybridized carbons (Fsp3) is 0.571. The quantitative estimate of drug-likeness (QED) is 0.891. The molecule has 0 spiro atoms. The van der Waals surface area contributed by atoms with Crippen molar-refractivity contribution in [1.29, 1.82) is 0 Å². The number of ether oxygens (including phenoxy) is 1. The van der Waals surface area contributed by atoms with E-state index in [0.717, 1.165) is 11.5 Å². The van der Waals surface area contributed by atoms with Crippen molar-refractivity contribution in [3.63, 3.8) is 0 Å². The van der Waals surface area contributed by atoms with Gasteiger partial charge in [-0.3, -0.25) is 0 Å². The van der Waals surface area contributed by atoms with Gasteiger partial charge in [0.2, 0.25) is 0 Å². The maximum atomic E-state index is 5.47. The van der Waals surface area contributed by atoms with Crippen LogP contribution in [0.3, 0.4) is 0 Å². The van der Waals surface area contributed by atoms with Crippen molar-refractivity contribution in [2.24, 2.45) is 0 Å². The highest BCUT2D eigenvalue weighted by atomic mass is 32.2. The Kier molecular flexibility index (Phi) is 4.35. The minimum Gasteiger partial charge on any atom is -0.496 e. The summed E-state index contributed by atoms with van der Waals surface area (Å²) >= 11 is 2.04. The number of nitrogens with one attached hydrogen (secondary N) is 1. The molecule has 0 amide bonds. The molecule has 1 saturated heterocycles. The Morgan fingerprint density at radius 3 is 2.94 bits per heavy atom. The van der Waals surface area contributed by atoms with Crippen LogP contribution in [-0.2, 0) is 0 Å². The summed E-state index contributed by atoms with van der Waals surface area (Å²) in [6.45, 7) is 4.38. The molecule has 1 aliphatic rings. The Hall–Kier alpha value is -0.670. The monoisotopic (exact) mass is 251 g/mol. The van der Waals surface area contributed by atoms with Crippen LogP contribution in [-0.4, -0.2) is 24.7 Å². The van der Waals surface area contributed by atoms with Gasteiger partial charge in [-0.1, -0.05) is 24.6 Å². The van der Waals surface area contributed by atoms with Crippen molar-refractivity contribution in [3.05, 3.63) is 29.3 Å². The molecule has 0 aliphatic carbocycles. The molecule has 2 atom stereocenters. The lowest BCUT2D eigenvalue weighted by Crippen LogP contribution is -2.39. The molecule has 1 aromatic rings. The minimum absolute atomic E-state index is 0.425. The average molecular weight is 251 g/mol. The summed E-state index contributed by atoms with van der Waals surface area (Å²) < 4.78 is 5.47. The lowest BCUT2D eigenvalue weighted by atomic mass is 10.0. The number of hydrogen-bond acceptors (Lipinski definition) is 3. The van der Waals surface area contributed by atoms with Gasteiger partial charge < -0.3 is 10.1 Å². The van der Waals surface area contributed by atoms with E-state index in [1.54, 1.807) is 7.11 Å². The molecule has 3 heteroatoms. The number of methoxy groups -OCH3 is 1. The molecular weight excluding hydrogens is 230 g/mol. The van der Waals surface area contributed by atoms with Crippen molar-refractivity contribution in [2.45, 2.75) is 32.4 Å². The third-order valence-corrected chi connectivity index (χ3v) is 4.50. The van der Waals surface area contributed by atoms with Crippen molar-refractivity contribution >= 4 is 11.8 Å². The molecule has 2 unspecified atom stereocenters. The van der Waals surface area contributed by atoms with Gasteiger partial charge in [-0.05, 0) is 19.4 Å². The summed E-state index contributed by atoms with van der Waals surface area (Å²) in [6, 6.07) is 7.48. The SMILES string of the molecule is CCC1CSCC(c2cc(C)ccc2OC)N1. The summed E-state index contributed by atoms with van der Waals surface area (Å²) in [5.41, 5.74) is 2.60. The zero-order chi connectivity index (χ0) is 12.3. The van der Waals surface area contributed by atoms with Gasteiger partial charge in [0.1, 0.15) is 5.75 Å². The molecule has 2 rings (SSSR count). The molecule has 1 heterocycles. The van der Waals surface area contributed by atoms with Crippen molar-refractivity contribution in [3.8, 4) is 5.75 Å². The third kappa shape index (κ3) is 2.96. The van der Waals surface area contributed by atoms with Crippen LogP contribution in [0.2, 0.25) is 0 Å². The number of benzene rings is 1. The molecule has 1 aliphatic heterocycles. The standard InChI is InChI=1S/C14H21NOS/c1-4-11-8-17-9-13(15-11)12-7-10(2)5-6-14(12)16-3/h5-7,11,13,15H,4,8-9H2,1-3H3. The summed E-state index contributed by atoms with van der Waals surface area (Å²) in [6.07, 6.45) is 1.19. The average Bonchev–Trinajstić information content (AvgIpc) is 2.39. The first kappa shape index (κ1) is 12.8. The maximum Gasteiger partial charge on any atom is 0.123 e. The number of aryl methyl sites for hydroxylation is 1. The topological polar surface area (TPSA) is 21.3 Å². The summed E-state index contributed by atoms with van der Waals surface area (Å²) in [5, 5.41) is 3.72. The first-order chi connectivity index (χ1) is 8.24. The van der Waals surface area contributed by atoms with Gasteiger partial charge in [0, 0.05) is 29.2 Å². The first-order valence-electron chi connectivity index (χ1n) is 6.23. The molecule has 0 saturated carbocycles. The van der Waals surface area contributed by atoms with E-state index in [1.165, 1.54) is 23.3 Å². The van der Waals surface area contributed by atoms with Crippen molar-refractivity contribution in [1.82, 2.24) is 5.32 Å². The number of hydrogen-bond donors (Lipinski definition) is 1. The Labute approximate surface area is 108 Å². The fourth-order valence-electron chi connectivity index (χ4n) is 2.25. The number of rotatable bonds is 3. The predicted octanol–water partition coefficient (Wildman–Crippen LogP) is 3.16. The van der Waals surface area contributed by atoms with Crippen LogP contribution in [0.5, 0.6) is 5.75 Å². The van der Waals surface area contributed by atoms with Gasteiger partial charge >= 0.3 is 0 Å². The highest BCUT2D eigenvalue weighted by Crippen LogP contribution is 2.32. The summed E-state index contributed by atoms with van der Waals surface area (Å²) in [7, 11) is 1.75. The van der Waals surface area contributed by atoms with E-state index in [-0.39, 0.29) is 0 Å². The van der Waals surface area contributed by atoms with E-state index < -0.39 is 0 Å². The molecule has 1 N–H and O–H groups in total. The van der Waals surface area contributed by atoms with Crippen LogP contribution in [0.1, 0.15) is 30.5 Å². The van der Waals surface area contributed by atoms with Gasteiger partial charge in [-0.25, -0.2) is 0 Å². The second-order valence-corrected chi connectivity index (χ2v) is 5.68. The van der Waals surface area contributed by atoms with Gasteiger partial charge in [0.15, 0.2) is 0 Å². The molecule has 0 radical (unpaired) electrons. The van der Waals surface area contributed by atoms with Crippen LogP contribution in [0.4, 0.5) is 0 Å². The number of thioether (sulfide) groups is 1. The van der Waals surface area contributed by atoms with E-state index >= 15 is 0 Å². The second-order valence-electron chi connectivity index (χ2n) is 4.61. The van der Waals surface area contributed by atoms with Crippen LogP contribution in [0, 0.1) is 6.92 Å². The minimum atomic E-state index is 0.425. The Morgan fingerprint density at radius 1 is 1.41 bits per heavy atom. The van der Waals surface area contributed by atoms with E-state index in [2.05, 4.69) is 37.4 Å². The van der Waals surface area contributed by atoms with E-state index in [1.807, 2.05) is 11.8 Å². The normalized spacial score (nSPS) is 24.6. The smallest absolute Gasteiger partial charge is 0.123 e. The van der Waals surface area contributed by atoms with Crippen LogP contribution >= 0.6 is 11.8 Å². The maximum absolute atomic E-state index is 5.47. The van der Waals surface area contributed by atoms with Crippen LogP contribution in [0.15, 0.2) is 18.2 Å². The molecule has 0 aromatic heterocycles. The first-order valence-corrected chi connectivity index (χ1v) is 7.38. The highest BCUT2D eigenvalue weighted by Gasteiger charge is 2.23. The Bertz CT molecular complexity index is 380. The summed E-state index contributed by atoms with van der Waals surface area (Å²) in [4.78, 5) is 0. The lowest BCUT2D eigenvalue weighted by Gasteiger charge is -2.31. The van der Waals surface area contributed by atoms with E-state index in [0.29, 0.717) is 12.1 Å². The van der Waals surface area contributed by atoms with Gasteiger partial charge in [0.25, 0.3) is 0 Å². The highest BCUT2D eigenvalue weighted by molar-refractivity contribution is 7.99. The molecule has 0 bridgehead atoms. The van der Waals surface area contributed by atoms with Gasteiger partial charge in [-0.2, -0.15) is 11.8 Å². The van der Waals surface area contributed by atoms with Crippen LogP contribution < -0.4 is 10.1 Å². The van der Waals surface area contributed by atoms with E-state index in [4.69, 9.17) is 4.74 Å². The fourth-order valence-corrected chi connectivity index (χ4v) is 3.51. The Balaban J connectivity index is 2.22. The second kappa shape index (κ2) is 5.78. The molecule has 1 fully saturated rings. The largest absolute Gasteiger partial charge is 0.496 e. The molecular formula is C14H21NOS. The van der Waals surface area contributed by atoms with E-state index in [9.17, 15) is 0 Å². The molecule has 94 valence electrons. The van der Waals surface area contributed by atoms with Crippen molar-refractivity contribution < 1.29 is 4.74 Å². The summed E-state index contributed by atoms with van der Waals surface area (Å²) in [5.74, 6) is 3.36.